The van der Waals surface area contributed by atoms with Crippen molar-refractivity contribution in [2.45, 2.75) is 58.7 Å². The van der Waals surface area contributed by atoms with Crippen molar-refractivity contribution in [3.63, 3.8) is 0 Å². The van der Waals surface area contributed by atoms with Crippen molar-refractivity contribution < 1.29 is 18.0 Å². The predicted molar refractivity (Wildman–Crippen MR) is 73.1 cm³/mol. The molecular weight excluding hydrogens is 283 g/mol. The molecule has 1 aromatic rings. The van der Waals surface area contributed by atoms with E-state index in [2.05, 4.69) is 5.10 Å². The first-order chi connectivity index (χ1) is 9.50. The van der Waals surface area contributed by atoms with E-state index >= 15 is 0 Å². The molecule has 0 unspecified atom stereocenters. The van der Waals surface area contributed by atoms with E-state index in [-0.39, 0.29) is 11.2 Å². The minimum absolute atomic E-state index is 0.161. The van der Waals surface area contributed by atoms with Gasteiger partial charge in [-0.15, -0.1) is 0 Å². The van der Waals surface area contributed by atoms with Crippen molar-refractivity contribution in [3.05, 3.63) is 11.3 Å². The number of hydrogen-bond acceptors (Lipinski definition) is 2. The molecule has 4 nitrogen and oxygen atoms in total. The topological polar surface area (TPSA) is 46.9 Å². The van der Waals surface area contributed by atoms with Gasteiger partial charge in [-0.1, -0.05) is 20.8 Å². The van der Waals surface area contributed by atoms with E-state index in [4.69, 9.17) is 0 Å². The molecule has 1 heterocycles. The summed E-state index contributed by atoms with van der Waals surface area (Å²) in [5, 5.41) is 6.41. The third-order valence-corrected chi connectivity index (χ3v) is 3.52. The van der Waals surface area contributed by atoms with Gasteiger partial charge in [0.2, 0.25) is 0 Å². The summed E-state index contributed by atoms with van der Waals surface area (Å²) >= 11 is 0. The van der Waals surface area contributed by atoms with Crippen molar-refractivity contribution >= 4 is 11.7 Å². The summed E-state index contributed by atoms with van der Waals surface area (Å²) in [7, 11) is 0. The van der Waals surface area contributed by atoms with Crippen molar-refractivity contribution in [2.75, 3.05) is 5.32 Å². The fourth-order valence-electron chi connectivity index (χ4n) is 2.28. The van der Waals surface area contributed by atoms with Gasteiger partial charge in [-0.25, -0.2) is 4.68 Å². The van der Waals surface area contributed by atoms with Crippen LogP contribution in [0.5, 0.6) is 0 Å². The first kappa shape index (κ1) is 15.9. The molecule has 1 N–H and O–H groups in total. The predicted octanol–water partition coefficient (Wildman–Crippen LogP) is 3.40. The lowest BCUT2D eigenvalue weighted by molar-refractivity contribution is -0.167. The third-order valence-electron chi connectivity index (χ3n) is 3.52. The number of nitrogens with one attached hydrogen (secondary N) is 1. The van der Waals surface area contributed by atoms with Crippen LogP contribution in [-0.2, 0) is 16.8 Å². The largest absolute Gasteiger partial charge is 0.471 e. The van der Waals surface area contributed by atoms with Gasteiger partial charge in [-0.2, -0.15) is 18.3 Å². The maximum absolute atomic E-state index is 12.5. The van der Waals surface area contributed by atoms with Crippen LogP contribution in [-0.4, -0.2) is 21.9 Å². The van der Waals surface area contributed by atoms with Crippen molar-refractivity contribution in [1.29, 1.82) is 0 Å². The molecule has 0 aliphatic heterocycles. The average Bonchev–Trinajstić information content (AvgIpc) is 3.06. The van der Waals surface area contributed by atoms with Crippen LogP contribution in [0.25, 0.3) is 0 Å². The Bertz CT molecular complexity index is 551. The molecular formula is C14H20F3N3O. The fraction of sp³-hybridized carbons (Fsp3) is 0.714. The second-order valence-corrected chi connectivity index (χ2v) is 6.65. The number of aromatic nitrogens is 2. The van der Waals surface area contributed by atoms with Gasteiger partial charge >= 0.3 is 12.1 Å². The summed E-state index contributed by atoms with van der Waals surface area (Å²) in [4.78, 5) is 11.2. The Morgan fingerprint density at radius 1 is 1.33 bits per heavy atom. The van der Waals surface area contributed by atoms with Gasteiger partial charge in [-0.3, -0.25) is 4.79 Å². The van der Waals surface area contributed by atoms with Crippen LogP contribution in [0.4, 0.5) is 19.0 Å². The molecule has 1 fully saturated rings. The summed E-state index contributed by atoms with van der Waals surface area (Å²) in [5.74, 6) is -1.35. The zero-order chi connectivity index (χ0) is 16.0. The zero-order valence-electron chi connectivity index (χ0n) is 12.6. The number of carbonyl (C=O) groups excluding carboxylic acids is 1. The summed E-state index contributed by atoms with van der Waals surface area (Å²) in [6.07, 6.45) is -2.80. The molecule has 1 amide bonds. The summed E-state index contributed by atoms with van der Waals surface area (Å²) < 4.78 is 38.9. The highest BCUT2D eigenvalue weighted by atomic mass is 19.4. The lowest BCUT2D eigenvalue weighted by Gasteiger charge is -2.16. The molecule has 21 heavy (non-hydrogen) atoms. The second kappa shape index (κ2) is 5.03. The summed E-state index contributed by atoms with van der Waals surface area (Å²) in [6, 6.07) is 0. The van der Waals surface area contributed by atoms with Crippen LogP contribution in [0.3, 0.4) is 0 Å². The smallest absolute Gasteiger partial charge is 0.303 e. The van der Waals surface area contributed by atoms with Crippen molar-refractivity contribution in [2.24, 2.45) is 5.92 Å². The highest BCUT2D eigenvalue weighted by molar-refractivity contribution is 5.94. The number of halogens is 3. The monoisotopic (exact) mass is 303 g/mol. The van der Waals surface area contributed by atoms with E-state index in [0.29, 0.717) is 23.7 Å². The molecule has 7 heteroatoms. The highest BCUT2D eigenvalue weighted by Crippen LogP contribution is 2.35. The Balaban J connectivity index is 2.36. The first-order valence-corrected chi connectivity index (χ1v) is 6.96. The lowest BCUT2D eigenvalue weighted by atomic mass is 9.90. The van der Waals surface area contributed by atoms with Gasteiger partial charge in [0.05, 0.1) is 5.69 Å². The van der Waals surface area contributed by atoms with Crippen LogP contribution < -0.4 is 5.32 Å². The Labute approximate surface area is 121 Å². The van der Waals surface area contributed by atoms with Gasteiger partial charge in [0, 0.05) is 17.5 Å². The maximum Gasteiger partial charge on any atom is 0.471 e. The molecule has 0 radical (unpaired) electrons. The molecule has 1 aliphatic carbocycles. The Morgan fingerprint density at radius 3 is 2.33 bits per heavy atom. The van der Waals surface area contributed by atoms with Gasteiger partial charge in [0.25, 0.3) is 0 Å². The van der Waals surface area contributed by atoms with Gasteiger partial charge in [0.15, 0.2) is 0 Å². The third kappa shape index (κ3) is 3.57. The van der Waals surface area contributed by atoms with Crippen LogP contribution >= 0.6 is 0 Å². The van der Waals surface area contributed by atoms with Crippen molar-refractivity contribution in [3.8, 4) is 0 Å². The molecule has 0 saturated heterocycles. The second-order valence-electron chi connectivity index (χ2n) is 6.65. The summed E-state index contributed by atoms with van der Waals surface area (Å²) in [5.41, 5.74) is 1.01. The molecule has 0 spiro atoms. The molecule has 1 aliphatic rings. The fourth-order valence-corrected chi connectivity index (χ4v) is 2.28. The number of hydrogen-bond donors (Lipinski definition) is 1. The number of rotatable bonds is 3. The number of amides is 1. The quantitative estimate of drug-likeness (QED) is 0.930. The van der Waals surface area contributed by atoms with E-state index in [9.17, 15) is 18.0 Å². The summed E-state index contributed by atoms with van der Waals surface area (Å²) in [6.45, 7) is 8.07. The molecule has 0 aromatic carbocycles. The zero-order valence-corrected chi connectivity index (χ0v) is 12.6. The van der Waals surface area contributed by atoms with E-state index < -0.39 is 12.1 Å². The number of nitrogens with zero attached hydrogens (tertiary/aromatic N) is 2. The van der Waals surface area contributed by atoms with E-state index in [1.165, 1.54) is 4.68 Å². The minimum Gasteiger partial charge on any atom is -0.303 e. The van der Waals surface area contributed by atoms with E-state index in [1.807, 2.05) is 26.1 Å². The highest BCUT2D eigenvalue weighted by Gasteiger charge is 2.40. The van der Waals surface area contributed by atoms with Crippen LogP contribution in [0.15, 0.2) is 0 Å². The number of carbonyl (C=O) groups is 1. The Kier molecular flexibility index (Phi) is 3.80. The maximum atomic E-state index is 12.5. The molecule has 2 rings (SSSR count). The number of anilines is 1. The molecule has 0 atom stereocenters. The first-order valence-electron chi connectivity index (χ1n) is 6.96. The molecule has 0 bridgehead atoms. The Hall–Kier alpha value is -1.53. The minimum atomic E-state index is -4.90. The van der Waals surface area contributed by atoms with Crippen LogP contribution in [0.1, 0.15) is 44.9 Å². The van der Waals surface area contributed by atoms with Crippen LogP contribution in [0, 0.1) is 12.8 Å². The lowest BCUT2D eigenvalue weighted by Crippen LogP contribution is -2.31. The van der Waals surface area contributed by atoms with Crippen LogP contribution in [0.2, 0.25) is 0 Å². The molecule has 118 valence electrons. The SMILES string of the molecule is Cc1c(C(C)(C)C)nn(CC2CC2)c1NC(=O)C(F)(F)F. The van der Waals surface area contributed by atoms with Gasteiger partial charge in [0.1, 0.15) is 5.82 Å². The van der Waals surface area contributed by atoms with E-state index in [0.717, 1.165) is 12.8 Å². The molecule has 1 saturated carbocycles. The van der Waals surface area contributed by atoms with E-state index in [1.54, 1.807) is 6.92 Å². The average molecular weight is 303 g/mol. The van der Waals surface area contributed by atoms with Gasteiger partial charge < -0.3 is 5.32 Å². The normalized spacial score (nSPS) is 16.1. The van der Waals surface area contributed by atoms with Crippen molar-refractivity contribution in [1.82, 2.24) is 9.78 Å². The van der Waals surface area contributed by atoms with Gasteiger partial charge in [-0.05, 0) is 25.7 Å². The molecule has 1 aromatic heterocycles. The number of alkyl halides is 3. The standard InChI is InChI=1S/C14H20F3N3O/c1-8-10(13(2,3)4)19-20(7-9-5-6-9)11(8)18-12(21)14(15,16)17/h9H,5-7H2,1-4H3,(H,18,21). The Morgan fingerprint density at radius 2 is 1.90 bits per heavy atom.